The number of benzene rings is 3. The molecule has 0 aliphatic carbocycles. The molecule has 4 aromatic rings. The zero-order chi connectivity index (χ0) is 29.1. The second-order valence-corrected chi connectivity index (χ2v) is 13.1. The number of aryl methyl sites for hydroxylation is 2. The normalized spacial score (nSPS) is 12.2. The van der Waals surface area contributed by atoms with Crippen molar-refractivity contribution in [3.8, 4) is 11.3 Å². The molecule has 215 valence electrons. The van der Waals surface area contributed by atoms with Gasteiger partial charge in [-0.2, -0.15) is 0 Å². The summed E-state index contributed by atoms with van der Waals surface area (Å²) in [5.74, 6) is 0.761. The first kappa shape index (κ1) is 33.4. The SMILES string of the molecule is CC(C)(C)C(=O)/C=C(\O)C(C)(C)C.Cc1[c-]c(-c2nccc3c2ccc2ccc(CC(C)C)cc23)cc(C)c1.[Ir]. The van der Waals surface area contributed by atoms with Crippen molar-refractivity contribution in [2.75, 3.05) is 0 Å². The van der Waals surface area contributed by atoms with E-state index in [0.717, 1.165) is 23.2 Å². The van der Waals surface area contributed by atoms with Crippen LogP contribution in [0.3, 0.4) is 0 Å². The van der Waals surface area contributed by atoms with Crippen LogP contribution >= 0.6 is 0 Å². The van der Waals surface area contributed by atoms with Crippen LogP contribution in [-0.2, 0) is 31.3 Å². The Labute approximate surface area is 254 Å². The zero-order valence-electron chi connectivity index (χ0n) is 25.7. The summed E-state index contributed by atoms with van der Waals surface area (Å²) < 4.78 is 0. The van der Waals surface area contributed by atoms with E-state index in [2.05, 4.69) is 82.3 Å². The van der Waals surface area contributed by atoms with Gasteiger partial charge in [-0.3, -0.25) is 4.79 Å². The Bertz CT molecular complexity index is 1500. The predicted molar refractivity (Wildman–Crippen MR) is 166 cm³/mol. The minimum absolute atomic E-state index is 0. The molecule has 0 fully saturated rings. The molecule has 3 aromatic carbocycles. The molecule has 0 aliphatic rings. The maximum Gasteiger partial charge on any atom is 0.164 e. The van der Waals surface area contributed by atoms with Crippen molar-refractivity contribution in [2.24, 2.45) is 16.7 Å². The van der Waals surface area contributed by atoms with E-state index in [1.807, 2.05) is 47.7 Å². The number of hydrogen-bond donors (Lipinski definition) is 1. The van der Waals surface area contributed by atoms with Crippen LogP contribution in [0.25, 0.3) is 32.8 Å². The van der Waals surface area contributed by atoms with E-state index < -0.39 is 5.41 Å². The Balaban J connectivity index is 0.000000344. The van der Waals surface area contributed by atoms with Gasteiger partial charge in [0.15, 0.2) is 5.78 Å². The second-order valence-electron chi connectivity index (χ2n) is 13.1. The van der Waals surface area contributed by atoms with Gasteiger partial charge in [-0.25, -0.2) is 0 Å². The molecule has 1 aromatic heterocycles. The Kier molecular flexibility index (Phi) is 11.0. The smallest absolute Gasteiger partial charge is 0.164 e. The van der Waals surface area contributed by atoms with E-state index in [-0.39, 0.29) is 37.1 Å². The minimum Gasteiger partial charge on any atom is -0.512 e. The molecule has 0 unspecified atom stereocenters. The van der Waals surface area contributed by atoms with Crippen molar-refractivity contribution in [1.29, 1.82) is 0 Å². The molecule has 40 heavy (non-hydrogen) atoms. The molecule has 4 rings (SSSR count). The molecule has 1 N–H and O–H groups in total. The summed E-state index contributed by atoms with van der Waals surface area (Å²) in [4.78, 5) is 16.2. The summed E-state index contributed by atoms with van der Waals surface area (Å²) in [6.45, 7) is 19.9. The fourth-order valence-corrected chi connectivity index (χ4v) is 4.43. The van der Waals surface area contributed by atoms with Crippen molar-refractivity contribution in [3.05, 3.63) is 89.3 Å². The first-order chi connectivity index (χ1) is 18.1. The molecule has 0 saturated heterocycles. The van der Waals surface area contributed by atoms with Crippen LogP contribution in [0, 0.1) is 36.7 Å². The van der Waals surface area contributed by atoms with Gasteiger partial charge in [-0.15, -0.1) is 34.9 Å². The number of aliphatic hydroxyl groups is 1. The zero-order valence-corrected chi connectivity index (χ0v) is 28.1. The van der Waals surface area contributed by atoms with Gasteiger partial charge in [0.1, 0.15) is 5.76 Å². The van der Waals surface area contributed by atoms with Crippen molar-refractivity contribution < 1.29 is 30.0 Å². The third-order valence-corrected chi connectivity index (χ3v) is 6.65. The van der Waals surface area contributed by atoms with Crippen molar-refractivity contribution in [1.82, 2.24) is 4.98 Å². The first-order valence-electron chi connectivity index (χ1n) is 13.8. The number of nitrogens with zero attached hydrogens (tertiary/aromatic N) is 1. The van der Waals surface area contributed by atoms with E-state index in [9.17, 15) is 9.90 Å². The van der Waals surface area contributed by atoms with Gasteiger partial charge >= 0.3 is 0 Å². The monoisotopic (exact) mass is 715 g/mol. The van der Waals surface area contributed by atoms with E-state index in [1.165, 1.54) is 38.7 Å². The van der Waals surface area contributed by atoms with Crippen molar-refractivity contribution in [2.45, 2.75) is 75.7 Å². The minimum atomic E-state index is -0.417. The van der Waals surface area contributed by atoms with Gasteiger partial charge in [-0.1, -0.05) is 99.6 Å². The average Bonchev–Trinajstić information content (AvgIpc) is 2.81. The van der Waals surface area contributed by atoms with Gasteiger partial charge in [0.05, 0.1) is 0 Å². The van der Waals surface area contributed by atoms with Crippen molar-refractivity contribution >= 4 is 27.3 Å². The fraction of sp³-hybridized carbons (Fsp3) is 0.389. The molecule has 0 saturated carbocycles. The van der Waals surface area contributed by atoms with Gasteiger partial charge in [0, 0.05) is 43.2 Å². The second kappa shape index (κ2) is 13.2. The van der Waals surface area contributed by atoms with E-state index >= 15 is 0 Å². The molecule has 1 radical (unpaired) electrons. The predicted octanol–water partition coefficient (Wildman–Crippen LogP) is 9.76. The number of aliphatic hydroxyl groups excluding tert-OH is 1. The number of fused-ring (bicyclic) bond motifs is 3. The quantitative estimate of drug-likeness (QED) is 0.0992. The van der Waals surface area contributed by atoms with Gasteiger partial charge < -0.3 is 10.1 Å². The summed E-state index contributed by atoms with van der Waals surface area (Å²) in [5, 5.41) is 14.6. The largest absolute Gasteiger partial charge is 0.512 e. The first-order valence-corrected chi connectivity index (χ1v) is 13.8. The molecular formula is C36H44IrNO2-. The van der Waals surface area contributed by atoms with Crippen LogP contribution in [0.1, 0.15) is 72.1 Å². The van der Waals surface area contributed by atoms with Crippen LogP contribution in [0.15, 0.2) is 66.6 Å². The maximum absolute atomic E-state index is 11.5. The molecule has 3 nitrogen and oxygen atoms in total. The Morgan fingerprint density at radius 1 is 0.900 bits per heavy atom. The number of carbonyl (C=O) groups is 1. The summed E-state index contributed by atoms with van der Waals surface area (Å²) in [6.07, 6.45) is 4.37. The van der Waals surface area contributed by atoms with Crippen LogP contribution in [0.4, 0.5) is 0 Å². The third kappa shape index (κ3) is 8.59. The molecule has 0 aliphatic heterocycles. The topological polar surface area (TPSA) is 50.2 Å². The summed E-state index contributed by atoms with van der Waals surface area (Å²) in [6, 6.07) is 21.2. The standard InChI is InChI=1S/C25H24N.C11H20O2.Ir/c1-16(2)11-19-5-6-20-7-8-23-22(24(20)15-19)9-10-26-25(23)21-13-17(3)12-18(4)14-21;1-10(2,3)8(12)7-9(13)11(4,5)6;/h5-10,12-13,15-16H,11H2,1-4H3;7,12H,1-6H3;/q-1;;/b;8-7-;. The third-order valence-electron chi connectivity index (χ3n) is 6.65. The number of carbonyl (C=O) groups excluding carboxylic acids is 1. The fourth-order valence-electron chi connectivity index (χ4n) is 4.43. The average molecular weight is 715 g/mol. The Morgan fingerprint density at radius 3 is 2.12 bits per heavy atom. The van der Waals surface area contributed by atoms with Crippen molar-refractivity contribution in [3.63, 3.8) is 0 Å². The van der Waals surface area contributed by atoms with E-state index in [1.54, 1.807) is 0 Å². The number of rotatable bonds is 4. The molecule has 0 spiro atoms. The molecule has 0 bridgehead atoms. The number of ketones is 1. The molecule has 1 heterocycles. The number of allylic oxidation sites excluding steroid dienone is 2. The molecular weight excluding hydrogens is 671 g/mol. The van der Waals surface area contributed by atoms with Crippen LogP contribution in [0.2, 0.25) is 0 Å². The van der Waals surface area contributed by atoms with Crippen LogP contribution in [0.5, 0.6) is 0 Å². The summed E-state index contributed by atoms with van der Waals surface area (Å²) in [7, 11) is 0. The molecule has 4 heteroatoms. The summed E-state index contributed by atoms with van der Waals surface area (Å²) in [5.41, 5.74) is 5.13. The van der Waals surface area contributed by atoms with E-state index in [0.29, 0.717) is 5.92 Å². The maximum atomic E-state index is 11.5. The van der Waals surface area contributed by atoms with Gasteiger partial charge in [-0.05, 0) is 51.2 Å². The Hall–Kier alpha value is -2.81. The number of pyridine rings is 1. The van der Waals surface area contributed by atoms with E-state index in [4.69, 9.17) is 4.98 Å². The molecule has 0 amide bonds. The molecule has 0 atom stereocenters. The summed E-state index contributed by atoms with van der Waals surface area (Å²) >= 11 is 0. The van der Waals surface area contributed by atoms with Gasteiger partial charge in [0.25, 0.3) is 0 Å². The Morgan fingerprint density at radius 2 is 1.55 bits per heavy atom. The number of aromatic nitrogens is 1. The van der Waals surface area contributed by atoms with Crippen LogP contribution in [-0.4, -0.2) is 15.9 Å². The number of hydrogen-bond acceptors (Lipinski definition) is 3. The van der Waals surface area contributed by atoms with Gasteiger partial charge in [0.2, 0.25) is 0 Å². The van der Waals surface area contributed by atoms with Crippen LogP contribution < -0.4 is 0 Å².